The highest BCUT2D eigenvalue weighted by Crippen LogP contribution is 2.31. The number of halogens is 2. The van der Waals surface area contributed by atoms with Crippen LogP contribution in [0.25, 0.3) is 0 Å². The summed E-state index contributed by atoms with van der Waals surface area (Å²) in [6, 6.07) is 3.87. The summed E-state index contributed by atoms with van der Waals surface area (Å²) in [6.07, 6.45) is -2.68. The Balaban J connectivity index is 2.26. The quantitative estimate of drug-likeness (QED) is 0.781. The van der Waals surface area contributed by atoms with E-state index in [0.717, 1.165) is 5.56 Å². The molecule has 5 nitrogen and oxygen atoms in total. The van der Waals surface area contributed by atoms with E-state index in [-0.39, 0.29) is 23.3 Å². The molecule has 0 radical (unpaired) electrons. The fraction of sp³-hybridized carbons (Fsp3) is 0.444. The highest BCUT2D eigenvalue weighted by molar-refractivity contribution is 5.94. The highest BCUT2D eigenvalue weighted by atomic mass is 19.3. The minimum Gasteiger partial charge on any atom is -0.508 e. The molecule has 136 valence electrons. The summed E-state index contributed by atoms with van der Waals surface area (Å²) in [5, 5.41) is 16.6. The fourth-order valence-corrected chi connectivity index (χ4v) is 2.67. The third-order valence-corrected chi connectivity index (χ3v) is 4.16. The van der Waals surface area contributed by atoms with Crippen LogP contribution < -0.4 is 5.32 Å². The molecule has 2 N–H and O–H groups in total. The molecule has 0 aliphatic rings. The molecule has 1 unspecified atom stereocenters. The molecule has 1 aromatic carbocycles. The number of phenolic OH excluding ortho intramolecular Hbond substituents is 1. The lowest BCUT2D eigenvalue weighted by atomic mass is 9.99. The van der Waals surface area contributed by atoms with Gasteiger partial charge in [0.25, 0.3) is 6.43 Å². The Morgan fingerprint density at radius 3 is 2.36 bits per heavy atom. The number of carbonyl (C=O) groups excluding carboxylic acids is 1. The van der Waals surface area contributed by atoms with Gasteiger partial charge in [0.2, 0.25) is 5.91 Å². The molecular weight excluding hydrogens is 328 g/mol. The van der Waals surface area contributed by atoms with Crippen LogP contribution in [-0.4, -0.2) is 20.8 Å². The minimum absolute atomic E-state index is 0.0932. The smallest absolute Gasteiger partial charge is 0.282 e. The van der Waals surface area contributed by atoms with Crippen LogP contribution in [0.15, 0.2) is 18.2 Å². The Labute approximate surface area is 145 Å². The fourth-order valence-electron chi connectivity index (χ4n) is 2.67. The summed E-state index contributed by atoms with van der Waals surface area (Å²) in [7, 11) is 0. The van der Waals surface area contributed by atoms with E-state index in [9.17, 15) is 18.7 Å². The van der Waals surface area contributed by atoms with Crippen molar-refractivity contribution in [3.63, 3.8) is 0 Å². The van der Waals surface area contributed by atoms with Crippen LogP contribution in [0.2, 0.25) is 0 Å². The van der Waals surface area contributed by atoms with Crippen molar-refractivity contribution < 1.29 is 18.7 Å². The maximum absolute atomic E-state index is 12.8. The van der Waals surface area contributed by atoms with E-state index >= 15 is 0 Å². The monoisotopic (exact) mass is 351 g/mol. The number of anilines is 1. The van der Waals surface area contributed by atoms with Gasteiger partial charge in [-0.3, -0.25) is 9.48 Å². The van der Waals surface area contributed by atoms with Crippen LogP contribution in [0.4, 0.5) is 14.5 Å². The molecule has 0 bridgehead atoms. The van der Waals surface area contributed by atoms with Crippen LogP contribution >= 0.6 is 0 Å². The molecule has 1 amide bonds. The summed E-state index contributed by atoms with van der Waals surface area (Å²) in [5.74, 6) is -0.0887. The Hall–Kier alpha value is -2.44. The lowest BCUT2D eigenvalue weighted by Gasteiger charge is -2.18. The molecule has 7 heteroatoms. The first-order chi connectivity index (χ1) is 11.6. The third kappa shape index (κ3) is 3.97. The van der Waals surface area contributed by atoms with Gasteiger partial charge in [0, 0.05) is 11.4 Å². The van der Waals surface area contributed by atoms with E-state index < -0.39 is 12.5 Å². The molecule has 25 heavy (non-hydrogen) atoms. The number of carbonyl (C=O) groups is 1. The van der Waals surface area contributed by atoms with E-state index in [1.807, 2.05) is 13.8 Å². The first kappa shape index (κ1) is 18.9. The largest absolute Gasteiger partial charge is 0.508 e. The number of nitrogens with one attached hydrogen (secondary N) is 1. The second kappa shape index (κ2) is 7.21. The van der Waals surface area contributed by atoms with Crippen molar-refractivity contribution in [1.82, 2.24) is 9.78 Å². The number of nitrogens with zero attached hydrogens (tertiary/aromatic N) is 2. The van der Waals surface area contributed by atoms with Crippen molar-refractivity contribution in [2.45, 2.75) is 53.0 Å². The average molecular weight is 351 g/mol. The number of benzene rings is 1. The molecule has 0 saturated heterocycles. The van der Waals surface area contributed by atoms with Crippen LogP contribution in [0.5, 0.6) is 5.75 Å². The average Bonchev–Trinajstić information content (AvgIpc) is 2.90. The van der Waals surface area contributed by atoms with Crippen LogP contribution in [0, 0.1) is 13.8 Å². The zero-order chi connectivity index (χ0) is 18.9. The lowest BCUT2D eigenvalue weighted by Crippen LogP contribution is -2.25. The van der Waals surface area contributed by atoms with Gasteiger partial charge in [-0.05, 0) is 56.0 Å². The summed E-state index contributed by atoms with van der Waals surface area (Å²) in [4.78, 5) is 12.5. The molecular formula is C18H23F2N3O2. The van der Waals surface area contributed by atoms with Crippen molar-refractivity contribution >= 4 is 11.6 Å². The number of rotatable bonds is 5. The third-order valence-electron chi connectivity index (χ3n) is 4.16. The van der Waals surface area contributed by atoms with Gasteiger partial charge < -0.3 is 10.4 Å². The molecule has 1 aromatic heterocycles. The first-order valence-electron chi connectivity index (χ1n) is 8.10. The van der Waals surface area contributed by atoms with E-state index in [4.69, 9.17) is 0 Å². The predicted octanol–water partition coefficient (Wildman–Crippen LogP) is 4.47. The van der Waals surface area contributed by atoms with Crippen molar-refractivity contribution in [2.24, 2.45) is 0 Å². The topological polar surface area (TPSA) is 67.2 Å². The van der Waals surface area contributed by atoms with Crippen molar-refractivity contribution in [1.29, 1.82) is 0 Å². The summed E-state index contributed by atoms with van der Waals surface area (Å²) >= 11 is 0. The Morgan fingerprint density at radius 1 is 1.20 bits per heavy atom. The van der Waals surface area contributed by atoms with Crippen LogP contribution in [0.3, 0.4) is 0 Å². The molecule has 0 fully saturated rings. The number of hydrogen-bond donors (Lipinski definition) is 2. The van der Waals surface area contributed by atoms with Gasteiger partial charge in [0.05, 0.1) is 0 Å². The SMILES string of the molecule is Cc1cc(O)c(C(C)C)cc1NC(=O)C(C)n1nc(C(F)F)cc1C. The van der Waals surface area contributed by atoms with Gasteiger partial charge >= 0.3 is 0 Å². The normalized spacial score (nSPS) is 12.7. The van der Waals surface area contributed by atoms with Gasteiger partial charge in [-0.1, -0.05) is 13.8 Å². The van der Waals surface area contributed by atoms with E-state index in [1.165, 1.54) is 10.7 Å². The van der Waals surface area contributed by atoms with E-state index in [0.29, 0.717) is 16.9 Å². The summed E-state index contributed by atoms with van der Waals surface area (Å²) in [6.45, 7) is 8.89. The molecule has 0 saturated carbocycles. The van der Waals surface area contributed by atoms with Gasteiger partial charge in [-0.2, -0.15) is 5.10 Å². The zero-order valence-corrected chi connectivity index (χ0v) is 15.0. The maximum atomic E-state index is 12.8. The number of aromatic hydroxyl groups is 1. The Morgan fingerprint density at radius 2 is 1.84 bits per heavy atom. The minimum atomic E-state index is -2.68. The van der Waals surface area contributed by atoms with Crippen LogP contribution in [-0.2, 0) is 4.79 Å². The standard InChI is InChI=1S/C18H23F2N3O2/c1-9(2)13-8-14(10(3)6-16(13)24)21-18(25)12(5)23-11(4)7-15(22-23)17(19)20/h6-9,12,17,24H,1-5H3,(H,21,25). The highest BCUT2D eigenvalue weighted by Gasteiger charge is 2.22. The Bertz CT molecular complexity index is 785. The first-order valence-corrected chi connectivity index (χ1v) is 8.10. The van der Waals surface area contributed by atoms with Crippen molar-refractivity contribution in [3.8, 4) is 5.75 Å². The molecule has 1 atom stereocenters. The van der Waals surface area contributed by atoms with Gasteiger partial charge in [0.15, 0.2) is 0 Å². The molecule has 2 aromatic rings. The maximum Gasteiger partial charge on any atom is 0.282 e. The molecule has 0 aliphatic heterocycles. The zero-order valence-electron chi connectivity index (χ0n) is 15.0. The van der Waals surface area contributed by atoms with E-state index in [1.54, 1.807) is 32.9 Å². The lowest BCUT2D eigenvalue weighted by molar-refractivity contribution is -0.119. The summed E-state index contributed by atoms with van der Waals surface area (Å²) < 4.78 is 26.9. The van der Waals surface area contributed by atoms with Gasteiger partial charge in [0.1, 0.15) is 17.5 Å². The number of aryl methyl sites for hydroxylation is 2. The number of hydrogen-bond acceptors (Lipinski definition) is 3. The number of alkyl halides is 2. The second-order valence-corrected chi connectivity index (χ2v) is 6.50. The number of phenols is 1. The number of aromatic nitrogens is 2. The second-order valence-electron chi connectivity index (χ2n) is 6.50. The van der Waals surface area contributed by atoms with Gasteiger partial charge in [-0.25, -0.2) is 8.78 Å². The van der Waals surface area contributed by atoms with Gasteiger partial charge in [-0.15, -0.1) is 0 Å². The van der Waals surface area contributed by atoms with Crippen LogP contribution in [0.1, 0.15) is 61.7 Å². The van der Waals surface area contributed by atoms with E-state index in [2.05, 4.69) is 10.4 Å². The molecule has 1 heterocycles. The predicted molar refractivity (Wildman–Crippen MR) is 92.2 cm³/mol. The summed E-state index contributed by atoms with van der Waals surface area (Å²) in [5.41, 5.74) is 2.16. The number of amides is 1. The molecule has 2 rings (SSSR count). The van der Waals surface area contributed by atoms with Crippen molar-refractivity contribution in [2.75, 3.05) is 5.32 Å². The molecule has 0 aliphatic carbocycles. The molecule has 0 spiro atoms. The van der Waals surface area contributed by atoms with Crippen molar-refractivity contribution in [3.05, 3.63) is 40.7 Å². The Kier molecular flexibility index (Phi) is 5.45.